The number of hydrogen-bond donors (Lipinski definition) is 1. The Balaban J connectivity index is 2.38. The normalized spacial score (nSPS) is 17.0. The molecule has 0 bridgehead atoms. The van der Waals surface area contributed by atoms with E-state index in [0.717, 1.165) is 17.6 Å². The third-order valence-electron chi connectivity index (χ3n) is 2.90. The van der Waals surface area contributed by atoms with E-state index >= 15 is 0 Å². The van der Waals surface area contributed by atoms with Crippen LogP contribution in [0.5, 0.6) is 0 Å². The number of benzene rings is 1. The average molecular weight is 277 g/mol. The van der Waals surface area contributed by atoms with Crippen molar-refractivity contribution in [2.45, 2.75) is 12.8 Å². The van der Waals surface area contributed by atoms with Crippen LogP contribution >= 0.6 is 11.8 Å². The fourth-order valence-electron chi connectivity index (χ4n) is 1.99. The first kappa shape index (κ1) is 13.5. The maximum Gasteiger partial charge on any atom is 0.418 e. The van der Waals surface area contributed by atoms with Gasteiger partial charge >= 0.3 is 6.18 Å². The van der Waals surface area contributed by atoms with Gasteiger partial charge in [0.05, 0.1) is 12.2 Å². The van der Waals surface area contributed by atoms with E-state index in [1.54, 1.807) is 22.7 Å². The van der Waals surface area contributed by atoms with Crippen molar-refractivity contribution in [3.8, 4) is 0 Å². The van der Waals surface area contributed by atoms with E-state index in [-0.39, 0.29) is 17.9 Å². The lowest BCUT2D eigenvalue weighted by Gasteiger charge is -2.31. The molecule has 0 saturated carbocycles. The molecule has 1 aromatic carbocycles. The predicted molar refractivity (Wildman–Crippen MR) is 66.9 cm³/mol. The molecule has 0 atom stereocenters. The SMILES string of the molecule is OCc1ccc(N2CCSCC2)c(C(F)(F)F)c1. The molecule has 0 spiro atoms. The Hall–Kier alpha value is -0.880. The van der Waals surface area contributed by atoms with Crippen molar-refractivity contribution in [3.05, 3.63) is 29.3 Å². The Morgan fingerprint density at radius 2 is 1.89 bits per heavy atom. The summed E-state index contributed by atoms with van der Waals surface area (Å²) >= 11 is 1.75. The molecule has 0 unspecified atom stereocenters. The summed E-state index contributed by atoms with van der Waals surface area (Å²) < 4.78 is 39.0. The van der Waals surface area contributed by atoms with Crippen LogP contribution in [0.25, 0.3) is 0 Å². The molecule has 0 aromatic heterocycles. The minimum atomic E-state index is -4.38. The highest BCUT2D eigenvalue weighted by atomic mass is 32.2. The van der Waals surface area contributed by atoms with Crippen LogP contribution in [-0.4, -0.2) is 29.7 Å². The molecule has 1 fully saturated rings. The molecule has 18 heavy (non-hydrogen) atoms. The predicted octanol–water partition coefficient (Wildman–Crippen LogP) is 2.75. The van der Waals surface area contributed by atoms with Crippen LogP contribution in [-0.2, 0) is 12.8 Å². The third-order valence-corrected chi connectivity index (χ3v) is 3.84. The van der Waals surface area contributed by atoms with Gasteiger partial charge in [-0.2, -0.15) is 24.9 Å². The lowest BCUT2D eigenvalue weighted by atomic mass is 10.1. The van der Waals surface area contributed by atoms with Crippen LogP contribution in [0.4, 0.5) is 18.9 Å². The van der Waals surface area contributed by atoms with Gasteiger partial charge in [0.25, 0.3) is 0 Å². The molecular weight excluding hydrogens is 263 g/mol. The van der Waals surface area contributed by atoms with Gasteiger partial charge in [-0.15, -0.1) is 0 Å². The molecule has 1 saturated heterocycles. The Bertz CT molecular complexity index is 416. The smallest absolute Gasteiger partial charge is 0.392 e. The topological polar surface area (TPSA) is 23.5 Å². The van der Waals surface area contributed by atoms with Crippen molar-refractivity contribution in [2.75, 3.05) is 29.5 Å². The minimum absolute atomic E-state index is 0.222. The molecular formula is C12H14F3NOS. The second-order valence-corrected chi connectivity index (χ2v) is 5.33. The summed E-state index contributed by atoms with van der Waals surface area (Å²) in [5.41, 5.74) is -0.140. The van der Waals surface area contributed by atoms with Crippen molar-refractivity contribution in [1.82, 2.24) is 0 Å². The van der Waals surface area contributed by atoms with Crippen LogP contribution in [0.1, 0.15) is 11.1 Å². The second kappa shape index (κ2) is 5.40. The molecule has 1 heterocycles. The molecule has 2 nitrogen and oxygen atoms in total. The van der Waals surface area contributed by atoms with Gasteiger partial charge < -0.3 is 10.0 Å². The molecule has 2 rings (SSSR count). The van der Waals surface area contributed by atoms with E-state index in [0.29, 0.717) is 13.1 Å². The zero-order valence-electron chi connectivity index (χ0n) is 9.70. The number of alkyl halides is 3. The number of anilines is 1. The molecule has 0 aliphatic carbocycles. The van der Waals surface area contributed by atoms with Crippen molar-refractivity contribution in [1.29, 1.82) is 0 Å². The van der Waals surface area contributed by atoms with Crippen LogP contribution in [0, 0.1) is 0 Å². The quantitative estimate of drug-likeness (QED) is 0.899. The van der Waals surface area contributed by atoms with E-state index in [9.17, 15) is 13.2 Å². The molecule has 0 amide bonds. The van der Waals surface area contributed by atoms with Crippen LogP contribution in [0.15, 0.2) is 18.2 Å². The highest BCUT2D eigenvalue weighted by molar-refractivity contribution is 7.99. The van der Waals surface area contributed by atoms with Gasteiger partial charge in [-0.1, -0.05) is 6.07 Å². The molecule has 1 aliphatic heterocycles. The van der Waals surface area contributed by atoms with Gasteiger partial charge in [0.2, 0.25) is 0 Å². The van der Waals surface area contributed by atoms with Gasteiger partial charge in [-0.3, -0.25) is 0 Å². The molecule has 6 heteroatoms. The van der Waals surface area contributed by atoms with Gasteiger partial charge in [-0.05, 0) is 17.7 Å². The van der Waals surface area contributed by atoms with E-state index in [2.05, 4.69) is 0 Å². The van der Waals surface area contributed by atoms with E-state index in [1.807, 2.05) is 0 Å². The monoisotopic (exact) mass is 277 g/mol. The van der Waals surface area contributed by atoms with Gasteiger partial charge in [0, 0.05) is 30.3 Å². The van der Waals surface area contributed by atoms with Crippen molar-refractivity contribution in [3.63, 3.8) is 0 Å². The van der Waals surface area contributed by atoms with Crippen molar-refractivity contribution >= 4 is 17.4 Å². The zero-order chi connectivity index (χ0) is 13.2. The van der Waals surface area contributed by atoms with Crippen LogP contribution in [0.3, 0.4) is 0 Å². The van der Waals surface area contributed by atoms with E-state index in [1.165, 1.54) is 6.07 Å². The Kier molecular flexibility index (Phi) is 4.07. The number of aliphatic hydroxyl groups is 1. The number of thioether (sulfide) groups is 1. The summed E-state index contributed by atoms with van der Waals surface area (Å²) in [6.07, 6.45) is -4.38. The highest BCUT2D eigenvalue weighted by Gasteiger charge is 2.35. The fourth-order valence-corrected chi connectivity index (χ4v) is 2.89. The Morgan fingerprint density at radius 3 is 2.44 bits per heavy atom. The molecule has 1 aliphatic rings. The second-order valence-electron chi connectivity index (χ2n) is 4.11. The number of aliphatic hydroxyl groups excluding tert-OH is 1. The van der Waals surface area contributed by atoms with Gasteiger partial charge in [-0.25, -0.2) is 0 Å². The number of halogens is 3. The van der Waals surface area contributed by atoms with Gasteiger partial charge in [0.15, 0.2) is 0 Å². The summed E-state index contributed by atoms with van der Waals surface area (Å²) in [5.74, 6) is 1.69. The number of rotatable bonds is 2. The zero-order valence-corrected chi connectivity index (χ0v) is 10.5. The van der Waals surface area contributed by atoms with E-state index in [4.69, 9.17) is 5.11 Å². The van der Waals surface area contributed by atoms with Crippen molar-refractivity contribution in [2.24, 2.45) is 0 Å². The maximum atomic E-state index is 13.0. The summed E-state index contributed by atoms with van der Waals surface area (Å²) in [4.78, 5) is 1.76. The summed E-state index contributed by atoms with van der Waals surface area (Å²) in [6.45, 7) is 0.887. The lowest BCUT2D eigenvalue weighted by Crippen LogP contribution is -2.34. The van der Waals surface area contributed by atoms with Crippen LogP contribution < -0.4 is 4.90 Å². The molecule has 1 aromatic rings. The lowest BCUT2D eigenvalue weighted by molar-refractivity contribution is -0.137. The first-order chi connectivity index (χ1) is 8.52. The molecule has 0 radical (unpaired) electrons. The minimum Gasteiger partial charge on any atom is -0.392 e. The molecule has 1 N–H and O–H groups in total. The van der Waals surface area contributed by atoms with Crippen molar-refractivity contribution < 1.29 is 18.3 Å². The number of nitrogens with zero attached hydrogens (tertiary/aromatic N) is 1. The summed E-state index contributed by atoms with van der Waals surface area (Å²) in [6, 6.07) is 4.05. The number of hydrogen-bond acceptors (Lipinski definition) is 3. The highest BCUT2D eigenvalue weighted by Crippen LogP contribution is 2.38. The standard InChI is InChI=1S/C12H14F3NOS/c13-12(14,15)10-7-9(8-17)1-2-11(10)16-3-5-18-6-4-16/h1-2,7,17H,3-6,8H2. The van der Waals surface area contributed by atoms with E-state index < -0.39 is 11.7 Å². The van der Waals surface area contributed by atoms with Gasteiger partial charge in [0.1, 0.15) is 0 Å². The largest absolute Gasteiger partial charge is 0.418 e. The first-order valence-electron chi connectivity index (χ1n) is 5.66. The summed E-state index contributed by atoms with van der Waals surface area (Å²) in [7, 11) is 0. The first-order valence-corrected chi connectivity index (χ1v) is 6.81. The average Bonchev–Trinajstić information content (AvgIpc) is 2.38. The fraction of sp³-hybridized carbons (Fsp3) is 0.500. The third kappa shape index (κ3) is 2.92. The van der Waals surface area contributed by atoms with Crippen LogP contribution in [0.2, 0.25) is 0 Å². The Morgan fingerprint density at radius 1 is 1.22 bits per heavy atom. The molecule has 100 valence electrons. The maximum absolute atomic E-state index is 13.0. The Labute approximate surface area is 108 Å². The summed E-state index contributed by atoms with van der Waals surface area (Å²) in [5, 5.41) is 8.94.